The van der Waals surface area contributed by atoms with E-state index in [1.54, 1.807) is 25.3 Å². The summed E-state index contributed by atoms with van der Waals surface area (Å²) in [5, 5.41) is 10.8. The lowest BCUT2D eigenvalue weighted by molar-refractivity contribution is -0.120. The second kappa shape index (κ2) is 9.12. The topological polar surface area (TPSA) is 79.9 Å². The molecule has 2 atom stereocenters. The number of thioether (sulfide) groups is 1. The molecule has 0 saturated carbocycles. The number of nitrogens with zero attached hydrogens (tertiary/aromatic N) is 2. The van der Waals surface area contributed by atoms with Gasteiger partial charge < -0.3 is 10.1 Å². The fraction of sp³-hybridized carbons (Fsp3) is 0.250. The van der Waals surface area contributed by atoms with Crippen LogP contribution in [0.15, 0.2) is 53.7 Å². The average molecular weight is 417 g/mol. The Balaban J connectivity index is 1.66. The first-order chi connectivity index (χ1) is 13.5. The number of nitrogens with one attached hydrogen (secondary N) is 2. The Kier molecular flexibility index (Phi) is 6.59. The highest BCUT2D eigenvalue weighted by molar-refractivity contribution is 8.00. The van der Waals surface area contributed by atoms with Gasteiger partial charge in [-0.25, -0.2) is 4.98 Å². The number of H-pyrrole nitrogens is 1. The molecule has 1 aromatic heterocycles. The maximum atomic E-state index is 12.5. The third kappa shape index (κ3) is 4.85. The maximum absolute atomic E-state index is 12.5. The molecule has 3 aromatic rings. The zero-order valence-electron chi connectivity index (χ0n) is 15.8. The van der Waals surface area contributed by atoms with Gasteiger partial charge in [-0.3, -0.25) is 9.89 Å². The number of amides is 1. The molecule has 146 valence electrons. The first-order valence-corrected chi connectivity index (χ1v) is 10.0. The molecule has 2 unspecified atom stereocenters. The Bertz CT molecular complexity index is 948. The second-order valence-corrected chi connectivity index (χ2v) is 7.96. The van der Waals surface area contributed by atoms with Crippen molar-refractivity contribution in [1.29, 1.82) is 0 Å². The molecular formula is C20H21ClN4O2S. The Morgan fingerprint density at radius 1 is 1.21 bits per heavy atom. The van der Waals surface area contributed by atoms with Gasteiger partial charge in [-0.2, -0.15) is 0 Å². The van der Waals surface area contributed by atoms with Gasteiger partial charge in [0.2, 0.25) is 11.1 Å². The predicted molar refractivity (Wildman–Crippen MR) is 112 cm³/mol. The van der Waals surface area contributed by atoms with Crippen LogP contribution in [0.3, 0.4) is 0 Å². The van der Waals surface area contributed by atoms with Crippen molar-refractivity contribution in [1.82, 2.24) is 20.5 Å². The smallest absolute Gasteiger partial charge is 0.233 e. The average Bonchev–Trinajstić information content (AvgIpc) is 3.16. The summed E-state index contributed by atoms with van der Waals surface area (Å²) in [6.45, 7) is 3.79. The van der Waals surface area contributed by atoms with Gasteiger partial charge in [0, 0.05) is 5.02 Å². The number of rotatable bonds is 7. The summed E-state index contributed by atoms with van der Waals surface area (Å²) in [5.41, 5.74) is 1.77. The van der Waals surface area contributed by atoms with Crippen molar-refractivity contribution in [3.8, 4) is 17.1 Å². The van der Waals surface area contributed by atoms with Crippen molar-refractivity contribution in [2.45, 2.75) is 30.3 Å². The molecule has 0 spiro atoms. The van der Waals surface area contributed by atoms with E-state index >= 15 is 0 Å². The van der Waals surface area contributed by atoms with Crippen LogP contribution in [-0.4, -0.2) is 33.4 Å². The molecule has 0 saturated heterocycles. The van der Waals surface area contributed by atoms with E-state index in [0.29, 0.717) is 27.3 Å². The molecule has 1 amide bonds. The molecule has 6 nitrogen and oxygen atoms in total. The van der Waals surface area contributed by atoms with Crippen molar-refractivity contribution < 1.29 is 9.53 Å². The van der Waals surface area contributed by atoms with Gasteiger partial charge in [0.05, 0.1) is 24.0 Å². The van der Waals surface area contributed by atoms with Crippen LogP contribution in [0.1, 0.15) is 25.5 Å². The van der Waals surface area contributed by atoms with Gasteiger partial charge in [0.15, 0.2) is 5.82 Å². The number of carbonyl (C=O) groups excluding carboxylic acids is 1. The summed E-state index contributed by atoms with van der Waals surface area (Å²) in [6.07, 6.45) is 0. The molecule has 2 aromatic carbocycles. The van der Waals surface area contributed by atoms with Gasteiger partial charge in [0.25, 0.3) is 0 Å². The summed E-state index contributed by atoms with van der Waals surface area (Å²) < 4.78 is 5.35. The summed E-state index contributed by atoms with van der Waals surface area (Å²) in [4.78, 5) is 17.0. The number of methoxy groups -OCH3 is 1. The van der Waals surface area contributed by atoms with E-state index < -0.39 is 0 Å². The largest absolute Gasteiger partial charge is 0.496 e. The molecule has 0 fully saturated rings. The summed E-state index contributed by atoms with van der Waals surface area (Å²) in [6, 6.07) is 15.0. The van der Waals surface area contributed by atoms with Crippen LogP contribution in [0.25, 0.3) is 11.4 Å². The van der Waals surface area contributed by atoms with Crippen LogP contribution in [0, 0.1) is 0 Å². The molecule has 1 heterocycles. The van der Waals surface area contributed by atoms with Crippen LogP contribution in [0.5, 0.6) is 5.75 Å². The standard InChI is InChI=1S/C20H21ClN4O2S/c1-12(14-7-5-4-6-8-14)22-19(26)13(2)28-20-23-18(24-25-20)16-11-15(21)9-10-17(16)27-3/h4-13H,1-3H3,(H,22,26)(H,23,24,25). The minimum Gasteiger partial charge on any atom is -0.496 e. The van der Waals surface area contributed by atoms with E-state index in [2.05, 4.69) is 20.5 Å². The zero-order valence-corrected chi connectivity index (χ0v) is 17.3. The van der Waals surface area contributed by atoms with Gasteiger partial charge in [-0.1, -0.05) is 53.7 Å². The zero-order chi connectivity index (χ0) is 20.1. The first kappa shape index (κ1) is 20.2. The summed E-state index contributed by atoms with van der Waals surface area (Å²) in [7, 11) is 1.58. The lowest BCUT2D eigenvalue weighted by atomic mass is 10.1. The van der Waals surface area contributed by atoms with E-state index in [1.165, 1.54) is 11.8 Å². The van der Waals surface area contributed by atoms with Crippen molar-refractivity contribution in [3.63, 3.8) is 0 Å². The van der Waals surface area contributed by atoms with E-state index in [9.17, 15) is 4.79 Å². The predicted octanol–water partition coefficient (Wildman–Crippen LogP) is 4.49. The van der Waals surface area contributed by atoms with Crippen LogP contribution in [0.2, 0.25) is 5.02 Å². The third-order valence-electron chi connectivity index (χ3n) is 4.19. The summed E-state index contributed by atoms with van der Waals surface area (Å²) in [5.74, 6) is 1.10. The number of hydrogen-bond donors (Lipinski definition) is 2. The fourth-order valence-corrected chi connectivity index (χ4v) is 3.56. The normalized spacial score (nSPS) is 13.0. The quantitative estimate of drug-likeness (QED) is 0.554. The van der Waals surface area contributed by atoms with Crippen LogP contribution >= 0.6 is 23.4 Å². The van der Waals surface area contributed by atoms with Gasteiger partial charge in [-0.05, 0) is 37.6 Å². The minimum absolute atomic E-state index is 0.0739. The molecule has 0 bridgehead atoms. The number of ether oxygens (including phenoxy) is 1. The van der Waals surface area contributed by atoms with E-state index in [-0.39, 0.29) is 17.2 Å². The van der Waals surface area contributed by atoms with Crippen molar-refractivity contribution in [2.24, 2.45) is 0 Å². The van der Waals surface area contributed by atoms with Crippen LogP contribution < -0.4 is 10.1 Å². The number of aromatic nitrogens is 3. The highest BCUT2D eigenvalue weighted by atomic mass is 35.5. The van der Waals surface area contributed by atoms with Gasteiger partial charge in [-0.15, -0.1) is 5.10 Å². The Morgan fingerprint density at radius 2 is 1.96 bits per heavy atom. The summed E-state index contributed by atoms with van der Waals surface area (Å²) >= 11 is 7.36. The number of hydrogen-bond acceptors (Lipinski definition) is 5. The van der Waals surface area contributed by atoms with Crippen LogP contribution in [0.4, 0.5) is 0 Å². The van der Waals surface area contributed by atoms with E-state index in [4.69, 9.17) is 16.3 Å². The number of carbonyl (C=O) groups is 1. The molecule has 8 heteroatoms. The molecular weight excluding hydrogens is 396 g/mol. The van der Waals surface area contributed by atoms with Crippen molar-refractivity contribution >= 4 is 29.3 Å². The third-order valence-corrected chi connectivity index (χ3v) is 5.39. The lowest BCUT2D eigenvalue weighted by Gasteiger charge is -2.16. The second-order valence-electron chi connectivity index (χ2n) is 6.21. The van der Waals surface area contributed by atoms with Crippen molar-refractivity contribution in [3.05, 3.63) is 59.1 Å². The van der Waals surface area contributed by atoms with Gasteiger partial charge in [0.1, 0.15) is 5.75 Å². The molecule has 0 aliphatic rings. The monoisotopic (exact) mass is 416 g/mol. The van der Waals surface area contributed by atoms with E-state index in [1.807, 2.05) is 44.2 Å². The molecule has 0 radical (unpaired) electrons. The number of aromatic amines is 1. The number of benzene rings is 2. The molecule has 3 rings (SSSR count). The van der Waals surface area contributed by atoms with Crippen LogP contribution in [-0.2, 0) is 4.79 Å². The fourth-order valence-electron chi connectivity index (χ4n) is 2.65. The van der Waals surface area contributed by atoms with E-state index in [0.717, 1.165) is 5.56 Å². The first-order valence-electron chi connectivity index (χ1n) is 8.76. The lowest BCUT2D eigenvalue weighted by Crippen LogP contribution is -2.33. The highest BCUT2D eigenvalue weighted by Crippen LogP contribution is 2.31. The highest BCUT2D eigenvalue weighted by Gasteiger charge is 2.20. The SMILES string of the molecule is COc1ccc(Cl)cc1-c1nc(SC(C)C(=O)NC(C)c2ccccc2)n[nH]1. The Morgan fingerprint density at radius 3 is 2.68 bits per heavy atom. The minimum atomic E-state index is -0.351. The number of halogens is 1. The Hall–Kier alpha value is -2.51. The molecule has 0 aliphatic carbocycles. The van der Waals surface area contributed by atoms with Gasteiger partial charge >= 0.3 is 0 Å². The van der Waals surface area contributed by atoms with Crippen molar-refractivity contribution in [2.75, 3.05) is 7.11 Å². The molecule has 2 N–H and O–H groups in total. The molecule has 28 heavy (non-hydrogen) atoms. The molecule has 0 aliphatic heterocycles. The maximum Gasteiger partial charge on any atom is 0.233 e. The Labute approximate surface area is 173 Å².